The molecule has 0 atom stereocenters. The maximum Gasteiger partial charge on any atom is 0.240 e. The van der Waals surface area contributed by atoms with Crippen LogP contribution in [-0.4, -0.2) is 27.4 Å². The molecule has 0 aliphatic carbocycles. The molecule has 24 heavy (non-hydrogen) atoms. The van der Waals surface area contributed by atoms with Gasteiger partial charge in [0.1, 0.15) is 5.75 Å². The summed E-state index contributed by atoms with van der Waals surface area (Å²) in [6, 6.07) is 13.5. The van der Waals surface area contributed by atoms with Crippen LogP contribution < -0.4 is 9.46 Å². The summed E-state index contributed by atoms with van der Waals surface area (Å²) in [5, 5.41) is 0. The van der Waals surface area contributed by atoms with E-state index in [2.05, 4.69) is 4.72 Å². The number of ketones is 1. The number of ether oxygens (including phenoxy) is 1. The van der Waals surface area contributed by atoms with Crippen LogP contribution in [0.5, 0.6) is 5.75 Å². The van der Waals surface area contributed by atoms with Gasteiger partial charge in [0.05, 0.1) is 11.5 Å². The van der Waals surface area contributed by atoms with Gasteiger partial charge in [0.25, 0.3) is 0 Å². The zero-order chi connectivity index (χ0) is 17.6. The molecule has 0 aliphatic heterocycles. The number of nitrogens with one attached hydrogen (secondary N) is 1. The number of hydrogen-bond acceptors (Lipinski definition) is 4. The predicted octanol–water partition coefficient (Wildman–Crippen LogP) is 2.81. The molecule has 0 saturated heterocycles. The molecule has 0 amide bonds. The Bertz CT molecular complexity index is 798. The summed E-state index contributed by atoms with van der Waals surface area (Å²) in [4.78, 5) is 11.4. The van der Waals surface area contributed by atoms with E-state index in [9.17, 15) is 13.2 Å². The lowest BCUT2D eigenvalue weighted by Crippen LogP contribution is -2.26. The molecule has 0 aliphatic rings. The molecule has 1 N–H and O–H groups in total. The average molecular weight is 347 g/mol. The van der Waals surface area contributed by atoms with Gasteiger partial charge in [-0.25, -0.2) is 13.1 Å². The number of rotatable bonds is 8. The van der Waals surface area contributed by atoms with Crippen molar-refractivity contribution in [2.45, 2.75) is 25.2 Å². The van der Waals surface area contributed by atoms with Gasteiger partial charge in [0.2, 0.25) is 10.0 Å². The number of Topliss-reactive ketones (excluding diaryl/α,β-unsaturated/α-hetero) is 1. The molecule has 2 rings (SSSR count). The number of sulfonamides is 1. The van der Waals surface area contributed by atoms with Crippen LogP contribution in [0.4, 0.5) is 0 Å². The molecule has 0 spiro atoms. The zero-order valence-electron chi connectivity index (χ0n) is 13.8. The molecule has 0 fully saturated rings. The summed E-state index contributed by atoms with van der Waals surface area (Å²) < 4.78 is 32.7. The Hall–Kier alpha value is -2.18. The lowest BCUT2D eigenvalue weighted by atomic mass is 10.1. The SMILES string of the molecule is CCOc1ccccc1CCNS(=O)(=O)c1ccc(C(C)=O)cc1. The summed E-state index contributed by atoms with van der Waals surface area (Å²) in [6.45, 7) is 4.17. The average Bonchev–Trinajstić information content (AvgIpc) is 2.56. The first-order valence-corrected chi connectivity index (χ1v) is 9.23. The second-order valence-corrected chi connectivity index (χ2v) is 7.04. The van der Waals surface area contributed by atoms with Gasteiger partial charge >= 0.3 is 0 Å². The van der Waals surface area contributed by atoms with Crippen LogP contribution in [0.1, 0.15) is 29.8 Å². The number of carbonyl (C=O) groups is 1. The molecular weight excluding hydrogens is 326 g/mol. The standard InChI is InChI=1S/C18H21NO4S/c1-3-23-18-7-5-4-6-16(18)12-13-19-24(21,22)17-10-8-15(9-11-17)14(2)20/h4-11,19H,3,12-13H2,1-2H3. The van der Waals surface area contributed by atoms with Crippen LogP contribution >= 0.6 is 0 Å². The summed E-state index contributed by atoms with van der Waals surface area (Å²) >= 11 is 0. The van der Waals surface area contributed by atoms with Crippen molar-refractivity contribution in [3.8, 4) is 5.75 Å². The first-order valence-electron chi connectivity index (χ1n) is 7.75. The van der Waals surface area contributed by atoms with Gasteiger partial charge in [-0.05, 0) is 44.0 Å². The molecule has 0 saturated carbocycles. The highest BCUT2D eigenvalue weighted by Crippen LogP contribution is 2.18. The Kier molecular flexibility index (Phi) is 6.11. The fourth-order valence-electron chi connectivity index (χ4n) is 2.28. The maximum atomic E-state index is 12.3. The van der Waals surface area contributed by atoms with E-state index in [1.807, 2.05) is 31.2 Å². The molecular formula is C18H21NO4S. The second kappa shape index (κ2) is 8.08. The Morgan fingerprint density at radius 2 is 1.75 bits per heavy atom. The zero-order valence-corrected chi connectivity index (χ0v) is 14.6. The van der Waals surface area contributed by atoms with Crippen molar-refractivity contribution in [3.05, 3.63) is 59.7 Å². The van der Waals surface area contributed by atoms with Crippen LogP contribution in [-0.2, 0) is 16.4 Å². The minimum Gasteiger partial charge on any atom is -0.494 e. The van der Waals surface area contributed by atoms with Crippen molar-refractivity contribution in [3.63, 3.8) is 0 Å². The van der Waals surface area contributed by atoms with E-state index in [4.69, 9.17) is 4.74 Å². The Labute approximate surface area is 142 Å². The third-order valence-electron chi connectivity index (χ3n) is 3.53. The van der Waals surface area contributed by atoms with Crippen molar-refractivity contribution in [1.82, 2.24) is 4.72 Å². The summed E-state index contributed by atoms with van der Waals surface area (Å²) in [7, 11) is -3.60. The number of hydrogen-bond donors (Lipinski definition) is 1. The predicted molar refractivity (Wildman–Crippen MR) is 93.0 cm³/mol. The van der Waals surface area contributed by atoms with Crippen molar-refractivity contribution in [1.29, 1.82) is 0 Å². The Morgan fingerprint density at radius 3 is 2.38 bits per heavy atom. The number of para-hydroxylation sites is 1. The van der Waals surface area contributed by atoms with Gasteiger partial charge in [-0.1, -0.05) is 30.3 Å². The third-order valence-corrected chi connectivity index (χ3v) is 5.01. The van der Waals surface area contributed by atoms with E-state index >= 15 is 0 Å². The fourth-order valence-corrected chi connectivity index (χ4v) is 3.31. The summed E-state index contributed by atoms with van der Waals surface area (Å²) in [6.07, 6.45) is 0.529. The number of carbonyl (C=O) groups excluding carboxylic acids is 1. The molecule has 2 aromatic rings. The molecule has 2 aromatic carbocycles. The normalized spacial score (nSPS) is 11.2. The molecule has 128 valence electrons. The fraction of sp³-hybridized carbons (Fsp3) is 0.278. The van der Waals surface area contributed by atoms with E-state index in [-0.39, 0.29) is 17.2 Å². The van der Waals surface area contributed by atoms with E-state index < -0.39 is 10.0 Å². The molecule has 0 heterocycles. The second-order valence-electron chi connectivity index (χ2n) is 5.27. The minimum atomic E-state index is -3.60. The highest BCUT2D eigenvalue weighted by Gasteiger charge is 2.14. The molecule has 0 bridgehead atoms. The minimum absolute atomic E-state index is 0.0977. The van der Waals surface area contributed by atoms with Gasteiger partial charge in [-0.3, -0.25) is 4.79 Å². The van der Waals surface area contributed by atoms with E-state index in [1.54, 1.807) is 0 Å². The molecule has 0 radical (unpaired) electrons. The van der Waals surface area contributed by atoms with Crippen LogP contribution in [0.25, 0.3) is 0 Å². The molecule has 6 heteroatoms. The number of benzene rings is 2. The molecule has 5 nitrogen and oxygen atoms in total. The van der Waals surface area contributed by atoms with Gasteiger partial charge < -0.3 is 4.74 Å². The van der Waals surface area contributed by atoms with Crippen LogP contribution in [0, 0.1) is 0 Å². The van der Waals surface area contributed by atoms with E-state index in [0.717, 1.165) is 11.3 Å². The van der Waals surface area contributed by atoms with Crippen molar-refractivity contribution < 1.29 is 17.9 Å². The lowest BCUT2D eigenvalue weighted by Gasteiger charge is -2.11. The van der Waals surface area contributed by atoms with Crippen LogP contribution in [0.15, 0.2) is 53.4 Å². The molecule has 0 unspecified atom stereocenters. The topological polar surface area (TPSA) is 72.5 Å². The van der Waals surface area contributed by atoms with Crippen LogP contribution in [0.3, 0.4) is 0 Å². The van der Waals surface area contributed by atoms with Gasteiger partial charge in [0, 0.05) is 12.1 Å². The van der Waals surface area contributed by atoms with E-state index in [0.29, 0.717) is 18.6 Å². The molecule has 0 aromatic heterocycles. The van der Waals surface area contributed by atoms with Crippen LogP contribution in [0.2, 0.25) is 0 Å². The smallest absolute Gasteiger partial charge is 0.240 e. The summed E-state index contributed by atoms with van der Waals surface area (Å²) in [5.41, 5.74) is 1.44. The third kappa shape index (κ3) is 4.66. The van der Waals surface area contributed by atoms with Crippen molar-refractivity contribution >= 4 is 15.8 Å². The van der Waals surface area contributed by atoms with Crippen molar-refractivity contribution in [2.24, 2.45) is 0 Å². The Morgan fingerprint density at radius 1 is 1.08 bits per heavy atom. The quantitative estimate of drug-likeness (QED) is 0.745. The highest BCUT2D eigenvalue weighted by molar-refractivity contribution is 7.89. The highest BCUT2D eigenvalue weighted by atomic mass is 32.2. The van der Waals surface area contributed by atoms with E-state index in [1.165, 1.54) is 31.2 Å². The maximum absolute atomic E-state index is 12.3. The first kappa shape index (κ1) is 18.2. The Balaban J connectivity index is 2.02. The van der Waals surface area contributed by atoms with Crippen molar-refractivity contribution in [2.75, 3.05) is 13.2 Å². The monoisotopic (exact) mass is 347 g/mol. The summed E-state index contributed by atoms with van der Waals surface area (Å²) in [5.74, 6) is 0.671. The lowest BCUT2D eigenvalue weighted by molar-refractivity contribution is 0.101. The van der Waals surface area contributed by atoms with Gasteiger partial charge in [0.15, 0.2) is 5.78 Å². The van der Waals surface area contributed by atoms with Gasteiger partial charge in [-0.2, -0.15) is 0 Å². The largest absolute Gasteiger partial charge is 0.494 e. The van der Waals surface area contributed by atoms with Gasteiger partial charge in [-0.15, -0.1) is 0 Å². The first-order chi connectivity index (χ1) is 11.4.